The molecule has 18 heavy (non-hydrogen) atoms. The second-order valence-corrected chi connectivity index (χ2v) is 4.37. The SMILES string of the molecule is COCC(C)Oc1cc(OC(C)C)c(F)cc1N. The summed E-state index contributed by atoms with van der Waals surface area (Å²) < 4.78 is 29.5. The van der Waals surface area contributed by atoms with Crippen LogP contribution in [0.4, 0.5) is 10.1 Å². The fourth-order valence-corrected chi connectivity index (χ4v) is 1.48. The molecule has 1 aromatic carbocycles. The van der Waals surface area contributed by atoms with E-state index in [9.17, 15) is 4.39 Å². The number of benzene rings is 1. The summed E-state index contributed by atoms with van der Waals surface area (Å²) in [7, 11) is 1.58. The zero-order chi connectivity index (χ0) is 13.7. The third-order valence-corrected chi connectivity index (χ3v) is 2.16. The standard InChI is InChI=1S/C13H20FNO3/c1-8(2)17-12-6-13(11(15)5-10(12)14)18-9(3)7-16-4/h5-6,8-9H,7,15H2,1-4H3. The molecule has 0 aliphatic carbocycles. The third-order valence-electron chi connectivity index (χ3n) is 2.16. The van der Waals surface area contributed by atoms with E-state index in [1.165, 1.54) is 12.1 Å². The molecule has 2 N–H and O–H groups in total. The second kappa shape index (κ2) is 6.44. The lowest BCUT2D eigenvalue weighted by Crippen LogP contribution is -2.19. The van der Waals surface area contributed by atoms with Gasteiger partial charge in [0.2, 0.25) is 0 Å². The zero-order valence-corrected chi connectivity index (χ0v) is 11.2. The monoisotopic (exact) mass is 257 g/mol. The Morgan fingerprint density at radius 2 is 1.83 bits per heavy atom. The van der Waals surface area contributed by atoms with Crippen molar-refractivity contribution in [1.29, 1.82) is 0 Å². The van der Waals surface area contributed by atoms with Gasteiger partial charge in [-0.2, -0.15) is 0 Å². The highest BCUT2D eigenvalue weighted by Crippen LogP contribution is 2.31. The fraction of sp³-hybridized carbons (Fsp3) is 0.538. The molecule has 1 unspecified atom stereocenters. The number of hydrogen-bond donors (Lipinski definition) is 1. The van der Waals surface area contributed by atoms with Crippen LogP contribution >= 0.6 is 0 Å². The maximum atomic E-state index is 13.6. The second-order valence-electron chi connectivity index (χ2n) is 4.37. The van der Waals surface area contributed by atoms with E-state index in [1.54, 1.807) is 7.11 Å². The van der Waals surface area contributed by atoms with Crippen LogP contribution < -0.4 is 15.2 Å². The summed E-state index contributed by atoms with van der Waals surface area (Å²) in [6, 6.07) is 2.67. The maximum absolute atomic E-state index is 13.6. The third kappa shape index (κ3) is 4.07. The number of nitrogen functional groups attached to an aromatic ring is 1. The smallest absolute Gasteiger partial charge is 0.167 e. The van der Waals surface area contributed by atoms with Gasteiger partial charge in [0.1, 0.15) is 11.9 Å². The minimum atomic E-state index is -0.493. The van der Waals surface area contributed by atoms with E-state index in [2.05, 4.69) is 0 Å². The summed E-state index contributed by atoms with van der Waals surface area (Å²) in [6.45, 7) is 5.92. The molecule has 0 spiro atoms. The molecule has 0 bridgehead atoms. The summed E-state index contributed by atoms with van der Waals surface area (Å²) >= 11 is 0. The van der Waals surface area contributed by atoms with Crippen molar-refractivity contribution in [3.05, 3.63) is 17.9 Å². The minimum absolute atomic E-state index is 0.118. The highest BCUT2D eigenvalue weighted by Gasteiger charge is 2.13. The van der Waals surface area contributed by atoms with Crippen LogP contribution in [0.25, 0.3) is 0 Å². The Balaban J connectivity index is 2.90. The van der Waals surface area contributed by atoms with Crippen molar-refractivity contribution in [1.82, 2.24) is 0 Å². The lowest BCUT2D eigenvalue weighted by atomic mass is 10.2. The van der Waals surface area contributed by atoms with Gasteiger partial charge in [0.15, 0.2) is 11.6 Å². The van der Waals surface area contributed by atoms with Gasteiger partial charge < -0.3 is 19.9 Å². The summed E-state index contributed by atoms with van der Waals surface area (Å²) in [5.74, 6) is 0.0448. The number of hydrogen-bond acceptors (Lipinski definition) is 4. The van der Waals surface area contributed by atoms with Crippen LogP contribution in [-0.4, -0.2) is 25.9 Å². The van der Waals surface area contributed by atoms with E-state index in [4.69, 9.17) is 19.9 Å². The number of halogens is 1. The van der Waals surface area contributed by atoms with E-state index in [0.29, 0.717) is 12.4 Å². The van der Waals surface area contributed by atoms with Crippen molar-refractivity contribution in [3.63, 3.8) is 0 Å². The number of ether oxygens (including phenoxy) is 3. The van der Waals surface area contributed by atoms with E-state index >= 15 is 0 Å². The fourth-order valence-electron chi connectivity index (χ4n) is 1.48. The molecule has 0 amide bonds. The molecule has 0 aliphatic rings. The Morgan fingerprint density at radius 3 is 2.39 bits per heavy atom. The maximum Gasteiger partial charge on any atom is 0.167 e. The summed E-state index contributed by atoms with van der Waals surface area (Å²) in [5.41, 5.74) is 5.95. The normalized spacial score (nSPS) is 12.6. The van der Waals surface area contributed by atoms with Gasteiger partial charge in [-0.1, -0.05) is 0 Å². The summed E-state index contributed by atoms with van der Waals surface area (Å²) in [5, 5.41) is 0. The van der Waals surface area contributed by atoms with Crippen LogP contribution in [0, 0.1) is 5.82 Å². The summed E-state index contributed by atoms with van der Waals surface area (Å²) in [6.07, 6.45) is -0.290. The molecular formula is C13H20FNO3. The van der Waals surface area contributed by atoms with Crippen molar-refractivity contribution >= 4 is 5.69 Å². The van der Waals surface area contributed by atoms with Crippen LogP contribution in [-0.2, 0) is 4.74 Å². The Kier molecular flexibility index (Phi) is 5.22. The van der Waals surface area contributed by atoms with Crippen molar-refractivity contribution < 1.29 is 18.6 Å². The highest BCUT2D eigenvalue weighted by molar-refractivity contribution is 5.56. The van der Waals surface area contributed by atoms with E-state index < -0.39 is 5.82 Å². The lowest BCUT2D eigenvalue weighted by molar-refractivity contribution is 0.0921. The number of methoxy groups -OCH3 is 1. The van der Waals surface area contributed by atoms with Crippen LogP contribution in [0.1, 0.15) is 20.8 Å². The van der Waals surface area contributed by atoms with Gasteiger partial charge in [-0.3, -0.25) is 0 Å². The van der Waals surface area contributed by atoms with Gasteiger partial charge >= 0.3 is 0 Å². The zero-order valence-electron chi connectivity index (χ0n) is 11.2. The van der Waals surface area contributed by atoms with Gasteiger partial charge in [0.05, 0.1) is 18.4 Å². The van der Waals surface area contributed by atoms with E-state index in [1.807, 2.05) is 20.8 Å². The molecule has 1 aromatic rings. The Hall–Kier alpha value is -1.49. The first-order chi connectivity index (χ1) is 8.43. The topological polar surface area (TPSA) is 53.7 Å². The molecule has 0 fully saturated rings. The molecule has 0 heterocycles. The molecule has 1 atom stereocenters. The molecule has 4 nitrogen and oxygen atoms in total. The quantitative estimate of drug-likeness (QED) is 0.796. The molecule has 0 aliphatic heterocycles. The molecular weight excluding hydrogens is 237 g/mol. The number of anilines is 1. The van der Waals surface area contributed by atoms with Gasteiger partial charge in [0.25, 0.3) is 0 Å². The van der Waals surface area contributed by atoms with Gasteiger partial charge in [-0.15, -0.1) is 0 Å². The molecule has 0 radical (unpaired) electrons. The van der Waals surface area contributed by atoms with Gasteiger partial charge in [-0.25, -0.2) is 4.39 Å². The van der Waals surface area contributed by atoms with Crippen molar-refractivity contribution in [2.45, 2.75) is 33.0 Å². The molecule has 0 saturated heterocycles. The highest BCUT2D eigenvalue weighted by atomic mass is 19.1. The van der Waals surface area contributed by atoms with Crippen LogP contribution in [0.15, 0.2) is 12.1 Å². The average Bonchev–Trinajstić information content (AvgIpc) is 2.24. The van der Waals surface area contributed by atoms with Crippen molar-refractivity contribution in [2.75, 3.05) is 19.5 Å². The van der Waals surface area contributed by atoms with Crippen LogP contribution in [0.5, 0.6) is 11.5 Å². The molecule has 1 rings (SSSR count). The first kappa shape index (κ1) is 14.6. The molecule has 102 valence electrons. The predicted octanol–water partition coefficient (Wildman–Crippen LogP) is 2.61. The Labute approximate surface area is 107 Å². The van der Waals surface area contributed by atoms with Gasteiger partial charge in [-0.05, 0) is 20.8 Å². The van der Waals surface area contributed by atoms with Gasteiger partial charge in [0, 0.05) is 19.2 Å². The lowest BCUT2D eigenvalue weighted by Gasteiger charge is -2.17. The van der Waals surface area contributed by atoms with Crippen molar-refractivity contribution in [3.8, 4) is 11.5 Å². The molecule has 5 heteroatoms. The number of nitrogens with two attached hydrogens (primary N) is 1. The van der Waals surface area contributed by atoms with Crippen molar-refractivity contribution in [2.24, 2.45) is 0 Å². The van der Waals surface area contributed by atoms with E-state index in [0.717, 1.165) is 0 Å². The molecule has 0 aromatic heterocycles. The number of rotatable bonds is 6. The van der Waals surface area contributed by atoms with Crippen LogP contribution in [0.2, 0.25) is 0 Å². The Bertz CT molecular complexity index is 396. The summed E-state index contributed by atoms with van der Waals surface area (Å²) in [4.78, 5) is 0. The first-order valence-electron chi connectivity index (χ1n) is 5.85. The average molecular weight is 257 g/mol. The molecule has 0 saturated carbocycles. The predicted molar refractivity (Wildman–Crippen MR) is 68.5 cm³/mol. The largest absolute Gasteiger partial charge is 0.488 e. The van der Waals surface area contributed by atoms with Crippen LogP contribution in [0.3, 0.4) is 0 Å². The van der Waals surface area contributed by atoms with E-state index in [-0.39, 0.29) is 23.6 Å². The Morgan fingerprint density at radius 1 is 1.17 bits per heavy atom. The minimum Gasteiger partial charge on any atom is -0.488 e. The first-order valence-corrected chi connectivity index (χ1v) is 5.85.